The van der Waals surface area contributed by atoms with E-state index in [1.54, 1.807) is 18.2 Å². The zero-order chi connectivity index (χ0) is 17.0. The summed E-state index contributed by atoms with van der Waals surface area (Å²) in [5.74, 6) is 0.144. The van der Waals surface area contributed by atoms with Crippen molar-refractivity contribution in [2.24, 2.45) is 11.7 Å². The van der Waals surface area contributed by atoms with E-state index in [1.807, 2.05) is 13.8 Å². The molecule has 6 nitrogen and oxygen atoms in total. The average molecular weight is 340 g/mol. The maximum Gasteiger partial charge on any atom is 0.243 e. The van der Waals surface area contributed by atoms with E-state index in [4.69, 9.17) is 10.5 Å². The quantitative estimate of drug-likeness (QED) is 0.850. The number of aryl methyl sites for hydroxylation is 1. The van der Waals surface area contributed by atoms with Crippen molar-refractivity contribution < 1.29 is 17.9 Å². The van der Waals surface area contributed by atoms with Gasteiger partial charge in [-0.15, -0.1) is 0 Å². The minimum absolute atomic E-state index is 0.229. The van der Waals surface area contributed by atoms with Gasteiger partial charge in [0.15, 0.2) is 0 Å². The fourth-order valence-corrected chi connectivity index (χ4v) is 4.34. The first-order valence-corrected chi connectivity index (χ1v) is 9.39. The Morgan fingerprint density at radius 2 is 1.96 bits per heavy atom. The number of hydrogen-bond donors (Lipinski definition) is 1. The van der Waals surface area contributed by atoms with Crippen LogP contribution in [0.1, 0.15) is 32.3 Å². The molecule has 1 aromatic carbocycles. The molecular weight excluding hydrogens is 316 g/mol. The number of benzene rings is 1. The third-order valence-corrected chi connectivity index (χ3v) is 6.10. The predicted molar refractivity (Wildman–Crippen MR) is 87.7 cm³/mol. The molecule has 23 heavy (non-hydrogen) atoms. The van der Waals surface area contributed by atoms with Crippen molar-refractivity contribution in [2.45, 2.75) is 38.0 Å². The van der Waals surface area contributed by atoms with E-state index in [9.17, 15) is 13.2 Å². The molecule has 1 saturated heterocycles. The van der Waals surface area contributed by atoms with E-state index in [-0.39, 0.29) is 16.7 Å². The van der Waals surface area contributed by atoms with Gasteiger partial charge in [0, 0.05) is 19.0 Å². The lowest BCUT2D eigenvalue weighted by Gasteiger charge is -2.29. The third kappa shape index (κ3) is 3.84. The maximum absolute atomic E-state index is 12.8. The molecule has 7 heteroatoms. The van der Waals surface area contributed by atoms with Crippen molar-refractivity contribution in [3.63, 3.8) is 0 Å². The molecule has 0 bridgehead atoms. The van der Waals surface area contributed by atoms with Gasteiger partial charge in [-0.1, -0.05) is 6.92 Å². The summed E-state index contributed by atoms with van der Waals surface area (Å²) < 4.78 is 32.5. The standard InChI is InChI=1S/C16H24N2O4S/c1-3-12-11-14(5-6-15(12)22-4-2)23(20,21)18-9-7-13(8-10-18)16(17)19/h5-6,11,13H,3-4,7-10H2,1-2H3,(H2,17,19). The van der Waals surface area contributed by atoms with Gasteiger partial charge in [-0.2, -0.15) is 4.31 Å². The van der Waals surface area contributed by atoms with Crippen LogP contribution >= 0.6 is 0 Å². The van der Waals surface area contributed by atoms with Gasteiger partial charge in [0.25, 0.3) is 0 Å². The number of primary amides is 1. The highest BCUT2D eigenvalue weighted by atomic mass is 32.2. The van der Waals surface area contributed by atoms with Crippen LogP contribution in [0.3, 0.4) is 0 Å². The largest absolute Gasteiger partial charge is 0.494 e. The van der Waals surface area contributed by atoms with Gasteiger partial charge in [-0.25, -0.2) is 8.42 Å². The second-order valence-electron chi connectivity index (χ2n) is 5.64. The van der Waals surface area contributed by atoms with Crippen LogP contribution < -0.4 is 10.5 Å². The molecule has 0 saturated carbocycles. The van der Waals surface area contributed by atoms with E-state index in [0.29, 0.717) is 39.0 Å². The van der Waals surface area contributed by atoms with Gasteiger partial charge < -0.3 is 10.5 Å². The SMILES string of the molecule is CCOc1ccc(S(=O)(=O)N2CCC(C(N)=O)CC2)cc1CC. The molecule has 1 aromatic rings. The third-order valence-electron chi connectivity index (χ3n) is 4.21. The summed E-state index contributed by atoms with van der Waals surface area (Å²) in [6.07, 6.45) is 1.65. The zero-order valence-corrected chi connectivity index (χ0v) is 14.4. The fraction of sp³-hybridized carbons (Fsp3) is 0.562. The molecule has 0 unspecified atom stereocenters. The number of rotatable bonds is 6. The number of carbonyl (C=O) groups is 1. The highest BCUT2D eigenvalue weighted by molar-refractivity contribution is 7.89. The second-order valence-corrected chi connectivity index (χ2v) is 7.57. The van der Waals surface area contributed by atoms with Crippen molar-refractivity contribution in [3.05, 3.63) is 23.8 Å². The molecule has 1 amide bonds. The van der Waals surface area contributed by atoms with E-state index in [2.05, 4.69) is 0 Å². The fourth-order valence-electron chi connectivity index (χ4n) is 2.82. The Kier molecular flexibility index (Phi) is 5.64. The summed E-state index contributed by atoms with van der Waals surface area (Å²) in [4.78, 5) is 11.5. The second kappa shape index (κ2) is 7.31. The molecule has 2 rings (SSSR count). The molecule has 1 heterocycles. The van der Waals surface area contributed by atoms with Crippen LogP contribution in [0, 0.1) is 5.92 Å². The van der Waals surface area contributed by atoms with Crippen molar-refractivity contribution in [2.75, 3.05) is 19.7 Å². The van der Waals surface area contributed by atoms with Crippen LogP contribution in [0.4, 0.5) is 0 Å². The van der Waals surface area contributed by atoms with Crippen LogP contribution in [0.25, 0.3) is 0 Å². The number of sulfonamides is 1. The molecular formula is C16H24N2O4S. The molecule has 128 valence electrons. The minimum Gasteiger partial charge on any atom is -0.494 e. The number of carbonyl (C=O) groups excluding carboxylic acids is 1. The van der Waals surface area contributed by atoms with Gasteiger partial charge >= 0.3 is 0 Å². The lowest BCUT2D eigenvalue weighted by molar-refractivity contribution is -0.122. The van der Waals surface area contributed by atoms with Crippen molar-refractivity contribution >= 4 is 15.9 Å². The molecule has 1 aliphatic rings. The Morgan fingerprint density at radius 1 is 1.30 bits per heavy atom. The lowest BCUT2D eigenvalue weighted by Crippen LogP contribution is -2.41. The first-order valence-electron chi connectivity index (χ1n) is 7.95. The van der Waals surface area contributed by atoms with Crippen LogP contribution in [0.2, 0.25) is 0 Å². The Hall–Kier alpha value is -1.60. The molecule has 1 aliphatic heterocycles. The van der Waals surface area contributed by atoms with Gasteiger partial charge in [-0.05, 0) is 49.9 Å². The summed E-state index contributed by atoms with van der Waals surface area (Å²) in [5, 5.41) is 0. The first kappa shape index (κ1) is 17.7. The highest BCUT2D eigenvalue weighted by Crippen LogP contribution is 2.28. The van der Waals surface area contributed by atoms with Crippen molar-refractivity contribution in [1.29, 1.82) is 0 Å². The Bertz CT molecular complexity index is 665. The van der Waals surface area contributed by atoms with Crippen LogP contribution in [-0.4, -0.2) is 38.3 Å². The monoisotopic (exact) mass is 340 g/mol. The number of ether oxygens (including phenoxy) is 1. The molecule has 0 spiro atoms. The number of nitrogens with zero attached hydrogens (tertiary/aromatic N) is 1. The first-order chi connectivity index (χ1) is 10.9. The molecule has 0 atom stereocenters. The van der Waals surface area contributed by atoms with Crippen LogP contribution in [0.5, 0.6) is 5.75 Å². The van der Waals surface area contributed by atoms with Gasteiger partial charge in [0.05, 0.1) is 11.5 Å². The highest BCUT2D eigenvalue weighted by Gasteiger charge is 2.31. The maximum atomic E-state index is 12.8. The molecule has 2 N–H and O–H groups in total. The van der Waals surface area contributed by atoms with Crippen LogP contribution in [0.15, 0.2) is 23.1 Å². The normalized spacial score (nSPS) is 17.1. The number of nitrogens with two attached hydrogens (primary N) is 1. The Labute approximate surface area is 137 Å². The summed E-state index contributed by atoms with van der Waals surface area (Å²) >= 11 is 0. The van der Waals surface area contributed by atoms with Crippen molar-refractivity contribution in [1.82, 2.24) is 4.31 Å². The lowest BCUT2D eigenvalue weighted by atomic mass is 9.98. The number of hydrogen-bond acceptors (Lipinski definition) is 4. The summed E-state index contributed by atoms with van der Waals surface area (Å²) in [7, 11) is -3.55. The van der Waals surface area contributed by atoms with E-state index in [0.717, 1.165) is 11.3 Å². The minimum atomic E-state index is -3.55. The van der Waals surface area contributed by atoms with Crippen LogP contribution in [-0.2, 0) is 21.2 Å². The Balaban J connectivity index is 2.21. The van der Waals surface area contributed by atoms with Gasteiger partial charge in [0.2, 0.25) is 15.9 Å². The topological polar surface area (TPSA) is 89.7 Å². The molecule has 1 fully saturated rings. The van der Waals surface area contributed by atoms with E-state index < -0.39 is 10.0 Å². The van der Waals surface area contributed by atoms with E-state index >= 15 is 0 Å². The summed E-state index contributed by atoms with van der Waals surface area (Å²) in [6.45, 7) is 5.05. The van der Waals surface area contributed by atoms with Crippen molar-refractivity contribution in [3.8, 4) is 5.75 Å². The Morgan fingerprint density at radius 3 is 2.48 bits per heavy atom. The van der Waals surface area contributed by atoms with Gasteiger partial charge in [0.1, 0.15) is 5.75 Å². The zero-order valence-electron chi connectivity index (χ0n) is 13.6. The average Bonchev–Trinajstić information content (AvgIpc) is 2.55. The summed E-state index contributed by atoms with van der Waals surface area (Å²) in [5.41, 5.74) is 6.17. The number of piperidine rings is 1. The smallest absolute Gasteiger partial charge is 0.243 e. The van der Waals surface area contributed by atoms with Gasteiger partial charge in [-0.3, -0.25) is 4.79 Å². The molecule has 0 radical (unpaired) electrons. The van der Waals surface area contributed by atoms with E-state index in [1.165, 1.54) is 4.31 Å². The molecule has 0 aromatic heterocycles. The number of amides is 1. The predicted octanol–water partition coefficient (Wildman–Crippen LogP) is 1.53. The molecule has 0 aliphatic carbocycles. The summed E-state index contributed by atoms with van der Waals surface area (Å²) in [6, 6.07) is 4.98.